The smallest absolute Gasteiger partial charge is 0.205 e. The van der Waals surface area contributed by atoms with Gasteiger partial charge in [-0.2, -0.15) is 0 Å². The van der Waals surface area contributed by atoms with E-state index in [1.165, 1.54) is 31.2 Å². The van der Waals surface area contributed by atoms with Gasteiger partial charge in [-0.1, -0.05) is 6.92 Å². The highest BCUT2D eigenvalue weighted by Gasteiger charge is 2.50. The predicted molar refractivity (Wildman–Crippen MR) is 142 cm³/mol. The van der Waals surface area contributed by atoms with Gasteiger partial charge >= 0.3 is 0 Å². The van der Waals surface area contributed by atoms with Crippen LogP contribution in [0.3, 0.4) is 0 Å². The van der Waals surface area contributed by atoms with E-state index < -0.39 is 95.9 Å². The second-order valence-corrected chi connectivity index (χ2v) is 10.6. The van der Waals surface area contributed by atoms with Gasteiger partial charge in [-0.15, -0.1) is 0 Å². The number of phenols is 3. The van der Waals surface area contributed by atoms with Crippen molar-refractivity contribution in [3.05, 3.63) is 46.6 Å². The van der Waals surface area contributed by atoms with Crippen molar-refractivity contribution < 1.29 is 64.6 Å². The number of ether oxygens (including phenoxy) is 3. The quantitative estimate of drug-likeness (QED) is 0.172. The van der Waals surface area contributed by atoms with Crippen LogP contribution in [0.1, 0.15) is 13.3 Å². The van der Waals surface area contributed by atoms with Gasteiger partial charge in [0, 0.05) is 30.0 Å². The van der Waals surface area contributed by atoms with Crippen molar-refractivity contribution in [3.8, 4) is 34.3 Å². The number of aliphatic hydroxyl groups excluding tert-OH is 6. The van der Waals surface area contributed by atoms with E-state index >= 15 is 0 Å². The third-order valence-corrected chi connectivity index (χ3v) is 7.75. The second kappa shape index (κ2) is 11.7. The summed E-state index contributed by atoms with van der Waals surface area (Å²) < 4.78 is 23.0. The zero-order chi connectivity index (χ0) is 30.5. The normalized spacial score (nSPS) is 33.5. The van der Waals surface area contributed by atoms with Gasteiger partial charge in [-0.25, -0.2) is 0 Å². The van der Waals surface area contributed by atoms with Crippen molar-refractivity contribution in [2.75, 3.05) is 6.61 Å². The highest BCUT2D eigenvalue weighted by Crippen LogP contribution is 2.42. The van der Waals surface area contributed by atoms with Crippen LogP contribution in [0.15, 0.2) is 45.6 Å². The molecule has 1 aliphatic carbocycles. The molecule has 5 rings (SSSR count). The van der Waals surface area contributed by atoms with Crippen LogP contribution in [0.25, 0.3) is 22.3 Å². The zero-order valence-electron chi connectivity index (χ0n) is 22.2. The van der Waals surface area contributed by atoms with Crippen LogP contribution in [-0.4, -0.2) is 108 Å². The molecule has 1 saturated heterocycles. The summed E-state index contributed by atoms with van der Waals surface area (Å²) in [5.74, 6) is -2.67. The molecule has 10 atom stereocenters. The average molecular weight is 593 g/mol. The lowest BCUT2D eigenvalue weighted by Crippen LogP contribution is -2.63. The molecule has 42 heavy (non-hydrogen) atoms. The Morgan fingerprint density at radius 2 is 1.57 bits per heavy atom. The summed E-state index contributed by atoms with van der Waals surface area (Å²) >= 11 is 0. The summed E-state index contributed by atoms with van der Waals surface area (Å²) in [5, 5.41) is 92.7. The van der Waals surface area contributed by atoms with E-state index in [1.807, 2.05) is 0 Å². The first-order valence-electron chi connectivity index (χ1n) is 13.2. The molecule has 0 spiro atoms. The first-order valence-corrected chi connectivity index (χ1v) is 13.2. The highest BCUT2D eigenvalue weighted by molar-refractivity contribution is 5.91. The molecule has 1 aliphatic heterocycles. The molecule has 9 N–H and O–H groups in total. The van der Waals surface area contributed by atoms with Crippen molar-refractivity contribution in [3.63, 3.8) is 0 Å². The van der Waals surface area contributed by atoms with Gasteiger partial charge in [-0.3, -0.25) is 4.79 Å². The van der Waals surface area contributed by atoms with E-state index in [2.05, 4.69) is 0 Å². The Balaban J connectivity index is 1.47. The maximum absolute atomic E-state index is 13.0. The fraction of sp³-hybridized carbons (Fsp3) is 0.464. The van der Waals surface area contributed by atoms with Crippen molar-refractivity contribution in [2.24, 2.45) is 5.92 Å². The third kappa shape index (κ3) is 5.39. The molecule has 228 valence electrons. The molecule has 0 radical (unpaired) electrons. The second-order valence-electron chi connectivity index (χ2n) is 10.6. The molecule has 0 amide bonds. The first-order chi connectivity index (χ1) is 19.9. The molecule has 0 bridgehead atoms. The fourth-order valence-electron chi connectivity index (χ4n) is 5.39. The van der Waals surface area contributed by atoms with Crippen LogP contribution in [0, 0.1) is 5.92 Å². The summed E-state index contributed by atoms with van der Waals surface area (Å²) in [6, 6.07) is 7.55. The van der Waals surface area contributed by atoms with Crippen LogP contribution in [0.4, 0.5) is 0 Å². The van der Waals surface area contributed by atoms with Crippen molar-refractivity contribution in [1.29, 1.82) is 0 Å². The Morgan fingerprint density at radius 1 is 0.881 bits per heavy atom. The molecule has 2 aromatic carbocycles. The van der Waals surface area contributed by atoms with Crippen molar-refractivity contribution in [1.82, 2.24) is 0 Å². The summed E-state index contributed by atoms with van der Waals surface area (Å²) in [4.78, 5) is 13.0. The van der Waals surface area contributed by atoms with E-state index in [0.717, 1.165) is 12.1 Å². The Labute approximate surface area is 237 Å². The van der Waals surface area contributed by atoms with E-state index in [-0.39, 0.29) is 23.3 Å². The molecule has 2 aliphatic rings. The Hall–Kier alpha value is -3.47. The number of hydrogen-bond donors (Lipinski definition) is 9. The fourth-order valence-corrected chi connectivity index (χ4v) is 5.39. The van der Waals surface area contributed by atoms with Crippen LogP contribution < -0.4 is 10.2 Å². The Morgan fingerprint density at radius 3 is 2.24 bits per heavy atom. The number of fused-ring (bicyclic) bond motifs is 1. The third-order valence-electron chi connectivity index (χ3n) is 7.75. The molecule has 3 aromatic rings. The van der Waals surface area contributed by atoms with E-state index in [4.69, 9.17) is 18.6 Å². The number of benzene rings is 2. The van der Waals surface area contributed by atoms with E-state index in [0.29, 0.717) is 5.56 Å². The van der Waals surface area contributed by atoms with E-state index in [9.17, 15) is 50.8 Å². The van der Waals surface area contributed by atoms with Gasteiger partial charge in [0.15, 0.2) is 29.2 Å². The maximum atomic E-state index is 13.0. The monoisotopic (exact) mass is 592 g/mol. The van der Waals surface area contributed by atoms with Gasteiger partial charge in [0.1, 0.15) is 41.0 Å². The number of rotatable bonds is 6. The minimum atomic E-state index is -1.83. The molecule has 2 fully saturated rings. The summed E-state index contributed by atoms with van der Waals surface area (Å²) in [5.41, 5.74) is -0.754. The molecule has 10 unspecified atom stereocenters. The standard InChI is InChI=1S/C28H32O14/c1-10-21(36)15(33)7-16(34)24(10)42-28-23(38)22(37)26(19(9-29)40-28)41-25-17(35)6-13(31)20-14(32)8-18(39-27(20)25)11-2-4-12(30)5-3-11/h2-6,8,10,15-16,19,21-24,26,28-31,33-38H,7,9H2,1H3. The molecule has 2 heterocycles. The number of phenolic OH excluding ortho intramolecular Hbond substituents is 3. The number of aliphatic hydroxyl groups is 6. The predicted octanol–water partition coefficient (Wildman–Crippen LogP) is -0.729. The summed E-state index contributed by atoms with van der Waals surface area (Å²) in [6.07, 6.45) is -13.2. The van der Waals surface area contributed by atoms with Gasteiger partial charge in [0.25, 0.3) is 0 Å². The lowest BCUT2D eigenvalue weighted by atomic mass is 9.81. The maximum Gasteiger partial charge on any atom is 0.205 e. The first kappa shape index (κ1) is 30.0. The van der Waals surface area contributed by atoms with Crippen molar-refractivity contribution >= 4 is 11.0 Å². The van der Waals surface area contributed by atoms with Gasteiger partial charge in [0.05, 0.1) is 31.0 Å². The zero-order valence-corrected chi connectivity index (χ0v) is 22.2. The number of hydrogen-bond acceptors (Lipinski definition) is 14. The molecular weight excluding hydrogens is 560 g/mol. The van der Waals surface area contributed by atoms with Crippen LogP contribution in [0.5, 0.6) is 23.0 Å². The van der Waals surface area contributed by atoms with Gasteiger partial charge in [-0.05, 0) is 24.3 Å². The lowest BCUT2D eigenvalue weighted by molar-refractivity contribution is -0.325. The molecule has 1 saturated carbocycles. The van der Waals surface area contributed by atoms with Crippen LogP contribution >= 0.6 is 0 Å². The van der Waals surface area contributed by atoms with Crippen LogP contribution in [0.2, 0.25) is 0 Å². The highest BCUT2D eigenvalue weighted by atomic mass is 16.7. The van der Waals surface area contributed by atoms with Crippen LogP contribution in [-0.2, 0) is 9.47 Å². The summed E-state index contributed by atoms with van der Waals surface area (Å²) in [7, 11) is 0. The SMILES string of the molecule is CC1C(O)C(O)CC(O)C1OC1OC(CO)C(Oc2c(O)cc(O)c3c(=O)cc(-c4ccc(O)cc4)oc23)C(O)C1O. The minimum Gasteiger partial charge on any atom is -0.508 e. The Kier molecular flexibility index (Phi) is 8.33. The molecule has 14 heteroatoms. The average Bonchev–Trinajstić information content (AvgIpc) is 2.95. The van der Waals surface area contributed by atoms with Gasteiger partial charge in [0.2, 0.25) is 5.75 Å². The molecule has 14 nitrogen and oxygen atoms in total. The lowest BCUT2D eigenvalue weighted by Gasteiger charge is -2.46. The largest absolute Gasteiger partial charge is 0.508 e. The minimum absolute atomic E-state index is 0.0116. The Bertz CT molecular complexity index is 1470. The van der Waals surface area contributed by atoms with Gasteiger partial charge < -0.3 is 64.6 Å². The van der Waals surface area contributed by atoms with Crippen molar-refractivity contribution in [2.45, 2.75) is 68.5 Å². The molecular formula is C28H32O14. The summed E-state index contributed by atoms with van der Waals surface area (Å²) in [6.45, 7) is 0.735. The number of aromatic hydroxyl groups is 3. The topological polar surface area (TPSA) is 240 Å². The molecule has 1 aromatic heterocycles. The van der Waals surface area contributed by atoms with E-state index in [1.54, 1.807) is 0 Å².